The van der Waals surface area contributed by atoms with Crippen LogP contribution in [0.25, 0.3) is 0 Å². The summed E-state index contributed by atoms with van der Waals surface area (Å²) in [7, 11) is 1.67. The summed E-state index contributed by atoms with van der Waals surface area (Å²) in [4.78, 5) is 11.8. The van der Waals surface area contributed by atoms with Crippen molar-refractivity contribution in [1.82, 2.24) is 10.6 Å². The third kappa shape index (κ3) is 5.36. The zero-order chi connectivity index (χ0) is 14.9. The Hall–Kier alpha value is -1.59. The van der Waals surface area contributed by atoms with Crippen molar-refractivity contribution in [3.05, 3.63) is 29.8 Å². The van der Waals surface area contributed by atoms with Gasteiger partial charge in [-0.25, -0.2) is 0 Å². The minimum atomic E-state index is -0.194. The highest BCUT2D eigenvalue weighted by Gasteiger charge is 2.20. The summed E-state index contributed by atoms with van der Waals surface area (Å²) >= 11 is 0. The molecule has 2 N–H and O–H groups in total. The quantitative estimate of drug-likeness (QED) is 0.740. The number of rotatable bonds is 7. The van der Waals surface area contributed by atoms with Crippen molar-refractivity contribution in [1.29, 1.82) is 0 Å². The van der Waals surface area contributed by atoms with Crippen LogP contribution in [0.5, 0.6) is 5.75 Å². The molecule has 1 heterocycles. The van der Waals surface area contributed by atoms with E-state index in [9.17, 15) is 4.79 Å². The fraction of sp³-hybridized carbons (Fsp3) is 0.562. The number of unbranched alkanes of at least 4 members (excludes halogenated alkanes) is 1. The molecule has 0 spiro atoms. The molecule has 0 saturated carbocycles. The molecule has 0 bridgehead atoms. The number of carbonyl (C=O) groups is 1. The molecule has 2 rings (SSSR count). The van der Waals surface area contributed by atoms with Gasteiger partial charge in [0.1, 0.15) is 11.8 Å². The van der Waals surface area contributed by atoms with Crippen LogP contribution in [0.4, 0.5) is 0 Å². The lowest BCUT2D eigenvalue weighted by atomic mass is 10.1. The fourth-order valence-corrected chi connectivity index (χ4v) is 2.31. The number of hydrogen-bond acceptors (Lipinski definition) is 4. The second kappa shape index (κ2) is 8.64. The molecule has 5 nitrogen and oxygen atoms in total. The lowest BCUT2D eigenvalue weighted by molar-refractivity contribution is -0.125. The van der Waals surface area contributed by atoms with E-state index in [0.717, 1.165) is 31.6 Å². The highest BCUT2D eigenvalue weighted by molar-refractivity contribution is 5.81. The van der Waals surface area contributed by atoms with Gasteiger partial charge in [-0.3, -0.25) is 4.79 Å². The number of carbonyl (C=O) groups excluding carboxylic acids is 1. The predicted molar refractivity (Wildman–Crippen MR) is 81.6 cm³/mol. The summed E-state index contributed by atoms with van der Waals surface area (Å²) in [6.45, 7) is 2.62. The monoisotopic (exact) mass is 292 g/mol. The third-order valence-corrected chi connectivity index (χ3v) is 3.59. The van der Waals surface area contributed by atoms with Crippen LogP contribution in [0.2, 0.25) is 0 Å². The lowest BCUT2D eigenvalue weighted by Gasteiger charge is -2.22. The number of benzene rings is 1. The van der Waals surface area contributed by atoms with Crippen molar-refractivity contribution in [2.45, 2.75) is 25.3 Å². The molecule has 1 amide bonds. The third-order valence-electron chi connectivity index (χ3n) is 3.59. The number of ether oxygens (including phenoxy) is 2. The smallest absolute Gasteiger partial charge is 0.239 e. The topological polar surface area (TPSA) is 59.6 Å². The van der Waals surface area contributed by atoms with Crippen LogP contribution in [0, 0.1) is 0 Å². The van der Waals surface area contributed by atoms with Crippen molar-refractivity contribution in [2.24, 2.45) is 0 Å². The van der Waals surface area contributed by atoms with E-state index in [1.54, 1.807) is 7.11 Å². The van der Waals surface area contributed by atoms with Gasteiger partial charge in [-0.1, -0.05) is 12.1 Å². The average Bonchev–Trinajstić information content (AvgIpc) is 2.55. The van der Waals surface area contributed by atoms with Crippen LogP contribution in [0.3, 0.4) is 0 Å². The Morgan fingerprint density at radius 3 is 2.86 bits per heavy atom. The molecule has 1 aromatic rings. The molecular formula is C16H24N2O3. The molecule has 0 unspecified atom stereocenters. The van der Waals surface area contributed by atoms with Gasteiger partial charge in [0.2, 0.25) is 5.91 Å². The van der Waals surface area contributed by atoms with Crippen molar-refractivity contribution in [2.75, 3.05) is 33.4 Å². The van der Waals surface area contributed by atoms with Crippen molar-refractivity contribution < 1.29 is 14.3 Å². The van der Waals surface area contributed by atoms with Crippen LogP contribution in [-0.2, 0) is 16.0 Å². The summed E-state index contributed by atoms with van der Waals surface area (Å²) in [6.07, 6.45) is 3.05. The average molecular weight is 292 g/mol. The Morgan fingerprint density at radius 1 is 1.38 bits per heavy atom. The largest absolute Gasteiger partial charge is 0.497 e. The minimum Gasteiger partial charge on any atom is -0.497 e. The summed E-state index contributed by atoms with van der Waals surface area (Å²) < 4.78 is 10.4. The number of nitrogens with one attached hydrogen (secondary N) is 2. The van der Waals surface area contributed by atoms with Crippen molar-refractivity contribution in [3.8, 4) is 5.75 Å². The van der Waals surface area contributed by atoms with Crippen LogP contribution in [-0.4, -0.2) is 45.4 Å². The highest BCUT2D eigenvalue weighted by atomic mass is 16.5. The van der Waals surface area contributed by atoms with Gasteiger partial charge in [-0.05, 0) is 37.0 Å². The second-order valence-corrected chi connectivity index (χ2v) is 5.18. The predicted octanol–water partition coefficient (Wildman–Crippen LogP) is 1.12. The van der Waals surface area contributed by atoms with Gasteiger partial charge < -0.3 is 20.1 Å². The van der Waals surface area contributed by atoms with E-state index in [1.807, 2.05) is 12.1 Å². The Morgan fingerprint density at radius 2 is 2.19 bits per heavy atom. The molecule has 1 aromatic carbocycles. The molecule has 1 fully saturated rings. The molecule has 1 aliphatic heterocycles. The van der Waals surface area contributed by atoms with E-state index in [2.05, 4.69) is 22.8 Å². The first-order valence-electron chi connectivity index (χ1n) is 7.51. The van der Waals surface area contributed by atoms with Gasteiger partial charge in [0.15, 0.2) is 0 Å². The first kappa shape index (κ1) is 15.8. The molecule has 21 heavy (non-hydrogen) atoms. The first-order chi connectivity index (χ1) is 10.3. The van der Waals surface area contributed by atoms with E-state index in [1.165, 1.54) is 5.56 Å². The maximum absolute atomic E-state index is 11.8. The highest BCUT2D eigenvalue weighted by Crippen LogP contribution is 2.12. The van der Waals surface area contributed by atoms with Crippen molar-refractivity contribution in [3.63, 3.8) is 0 Å². The standard InChI is InChI=1S/C16H24N2O3/c1-20-14-7-5-13(6-8-14)4-2-3-9-18-16(19)15-12-21-11-10-17-15/h5-8,15,17H,2-4,9-12H2,1H3,(H,18,19)/t15-/m0/s1. The molecule has 1 aliphatic rings. The first-order valence-corrected chi connectivity index (χ1v) is 7.51. The van der Waals surface area contributed by atoms with E-state index in [-0.39, 0.29) is 11.9 Å². The Balaban J connectivity index is 1.57. The Bertz CT molecular complexity index is 428. The van der Waals surface area contributed by atoms with E-state index in [0.29, 0.717) is 19.8 Å². The number of aryl methyl sites for hydroxylation is 1. The molecule has 1 saturated heterocycles. The molecule has 0 aromatic heterocycles. The van der Waals surface area contributed by atoms with Gasteiger partial charge >= 0.3 is 0 Å². The summed E-state index contributed by atoms with van der Waals surface area (Å²) in [5.74, 6) is 0.923. The maximum atomic E-state index is 11.8. The maximum Gasteiger partial charge on any atom is 0.239 e. The fourth-order valence-electron chi connectivity index (χ4n) is 2.31. The van der Waals surface area contributed by atoms with E-state index >= 15 is 0 Å². The molecule has 116 valence electrons. The minimum absolute atomic E-state index is 0.0409. The van der Waals surface area contributed by atoms with Gasteiger partial charge in [0.05, 0.1) is 20.3 Å². The van der Waals surface area contributed by atoms with Crippen LogP contribution in [0.15, 0.2) is 24.3 Å². The van der Waals surface area contributed by atoms with E-state index in [4.69, 9.17) is 9.47 Å². The lowest BCUT2D eigenvalue weighted by Crippen LogP contribution is -2.51. The van der Waals surface area contributed by atoms with Gasteiger partial charge in [0, 0.05) is 13.1 Å². The molecule has 0 aliphatic carbocycles. The number of methoxy groups -OCH3 is 1. The van der Waals surface area contributed by atoms with Crippen LogP contribution in [0.1, 0.15) is 18.4 Å². The van der Waals surface area contributed by atoms with Gasteiger partial charge in [0.25, 0.3) is 0 Å². The molecule has 5 heteroatoms. The van der Waals surface area contributed by atoms with Crippen LogP contribution >= 0.6 is 0 Å². The van der Waals surface area contributed by atoms with Gasteiger partial charge in [-0.15, -0.1) is 0 Å². The van der Waals surface area contributed by atoms with Crippen molar-refractivity contribution >= 4 is 5.91 Å². The number of morpholine rings is 1. The van der Waals surface area contributed by atoms with E-state index < -0.39 is 0 Å². The normalized spacial score (nSPS) is 18.2. The van der Waals surface area contributed by atoms with Gasteiger partial charge in [-0.2, -0.15) is 0 Å². The SMILES string of the molecule is COc1ccc(CCCCNC(=O)[C@@H]2COCCN2)cc1. The zero-order valence-corrected chi connectivity index (χ0v) is 12.6. The Labute approximate surface area is 126 Å². The summed E-state index contributed by atoms with van der Waals surface area (Å²) in [5.41, 5.74) is 1.30. The summed E-state index contributed by atoms with van der Waals surface area (Å²) in [5, 5.41) is 6.10. The Kier molecular flexibility index (Phi) is 6.50. The molecular weight excluding hydrogens is 268 g/mol. The van der Waals surface area contributed by atoms with Crippen LogP contribution < -0.4 is 15.4 Å². The molecule has 0 radical (unpaired) electrons. The number of amides is 1. The second-order valence-electron chi connectivity index (χ2n) is 5.18. The molecule has 1 atom stereocenters. The summed E-state index contributed by atoms with van der Waals surface area (Å²) in [6, 6.07) is 7.93. The number of hydrogen-bond donors (Lipinski definition) is 2. The zero-order valence-electron chi connectivity index (χ0n) is 12.6.